The summed E-state index contributed by atoms with van der Waals surface area (Å²) >= 11 is 0. The molecule has 0 radical (unpaired) electrons. The molecule has 0 spiro atoms. The van der Waals surface area contributed by atoms with Crippen molar-refractivity contribution in [2.75, 3.05) is 0 Å². The topological polar surface area (TPSA) is 17.1 Å². The maximum Gasteiger partial charge on any atom is 0.158 e. The molecule has 1 aliphatic carbocycles. The Morgan fingerprint density at radius 3 is 2.88 bits per heavy atom. The number of aryl methyl sites for hydroxylation is 2. The van der Waals surface area contributed by atoms with E-state index < -0.39 is 0 Å². The van der Waals surface area contributed by atoms with E-state index in [0.717, 1.165) is 24.8 Å². The summed E-state index contributed by atoms with van der Waals surface area (Å²) < 4.78 is 0. The number of carbonyl (C=O) groups is 1. The lowest BCUT2D eigenvalue weighted by molar-refractivity contribution is -0.115. The lowest BCUT2D eigenvalue weighted by atomic mass is 9.93. The molecule has 0 N–H and O–H groups in total. The quantitative estimate of drug-likeness (QED) is 0.761. The third-order valence-corrected chi connectivity index (χ3v) is 3.37. The number of carbonyl (C=O) groups excluding carboxylic acids is 1. The summed E-state index contributed by atoms with van der Waals surface area (Å²) in [5.74, 6) is 0.353. The van der Waals surface area contributed by atoms with Crippen molar-refractivity contribution in [2.45, 2.75) is 45.4 Å². The molecule has 0 fully saturated rings. The third-order valence-electron chi connectivity index (χ3n) is 3.37. The second-order valence-corrected chi connectivity index (χ2v) is 4.89. The molecule has 0 atom stereocenters. The van der Waals surface area contributed by atoms with Crippen molar-refractivity contribution in [3.05, 3.63) is 47.0 Å². The second-order valence-electron chi connectivity index (χ2n) is 4.89. The first kappa shape index (κ1) is 12.1. The molecular weight excluding hydrogens is 208 g/mol. The molecule has 2 rings (SSSR count). The number of benzene rings is 1. The Morgan fingerprint density at radius 2 is 2.18 bits per heavy atom. The zero-order chi connectivity index (χ0) is 12.1. The first-order valence-corrected chi connectivity index (χ1v) is 6.53. The van der Waals surface area contributed by atoms with E-state index in [1.54, 1.807) is 0 Å². The van der Waals surface area contributed by atoms with Crippen LogP contribution in [-0.2, 0) is 11.2 Å². The van der Waals surface area contributed by atoms with Crippen molar-refractivity contribution in [3.63, 3.8) is 0 Å². The zero-order valence-electron chi connectivity index (χ0n) is 10.5. The first-order chi connectivity index (χ1) is 8.25. The van der Waals surface area contributed by atoms with Crippen LogP contribution in [0.1, 0.15) is 43.2 Å². The van der Waals surface area contributed by atoms with Crippen LogP contribution in [0.15, 0.2) is 35.9 Å². The van der Waals surface area contributed by atoms with Crippen molar-refractivity contribution in [1.29, 1.82) is 0 Å². The highest BCUT2D eigenvalue weighted by Gasteiger charge is 2.11. The van der Waals surface area contributed by atoms with Gasteiger partial charge in [0.25, 0.3) is 0 Å². The van der Waals surface area contributed by atoms with Gasteiger partial charge in [-0.1, -0.05) is 35.9 Å². The number of Topliss-reactive ketones (excluding diaryl/α,β-unsaturated/α-hetero) is 1. The summed E-state index contributed by atoms with van der Waals surface area (Å²) in [6.45, 7) is 2.09. The molecule has 0 saturated carbocycles. The zero-order valence-corrected chi connectivity index (χ0v) is 10.5. The van der Waals surface area contributed by atoms with Crippen molar-refractivity contribution in [1.82, 2.24) is 0 Å². The van der Waals surface area contributed by atoms with Crippen LogP contribution in [-0.4, -0.2) is 5.78 Å². The molecule has 1 aliphatic rings. The molecule has 90 valence electrons. The summed E-state index contributed by atoms with van der Waals surface area (Å²) in [5, 5.41) is 0. The summed E-state index contributed by atoms with van der Waals surface area (Å²) in [7, 11) is 0. The fraction of sp³-hybridized carbons (Fsp3) is 0.438. The molecule has 17 heavy (non-hydrogen) atoms. The fourth-order valence-electron chi connectivity index (χ4n) is 2.38. The van der Waals surface area contributed by atoms with Crippen molar-refractivity contribution in [2.24, 2.45) is 0 Å². The maximum atomic E-state index is 12.0. The van der Waals surface area contributed by atoms with Gasteiger partial charge in [0.1, 0.15) is 0 Å². The number of ketones is 1. The highest BCUT2D eigenvalue weighted by molar-refractivity contribution is 5.95. The van der Waals surface area contributed by atoms with Gasteiger partial charge in [0, 0.05) is 6.42 Å². The van der Waals surface area contributed by atoms with E-state index in [1.165, 1.54) is 24.0 Å². The molecule has 1 heteroatoms. The number of hydrogen-bond acceptors (Lipinski definition) is 1. The highest BCUT2D eigenvalue weighted by atomic mass is 16.1. The van der Waals surface area contributed by atoms with Crippen molar-refractivity contribution < 1.29 is 4.79 Å². The molecule has 1 aromatic rings. The van der Waals surface area contributed by atoms with Crippen LogP contribution in [0.25, 0.3) is 0 Å². The van der Waals surface area contributed by atoms with Crippen LogP contribution in [0.2, 0.25) is 0 Å². The van der Waals surface area contributed by atoms with Gasteiger partial charge in [0.2, 0.25) is 0 Å². The predicted molar refractivity (Wildman–Crippen MR) is 71.1 cm³/mol. The van der Waals surface area contributed by atoms with Crippen molar-refractivity contribution >= 4 is 5.78 Å². The van der Waals surface area contributed by atoms with Gasteiger partial charge in [0.05, 0.1) is 0 Å². The van der Waals surface area contributed by atoms with E-state index >= 15 is 0 Å². The van der Waals surface area contributed by atoms with Crippen LogP contribution in [0.5, 0.6) is 0 Å². The number of hydrogen-bond donors (Lipinski definition) is 0. The summed E-state index contributed by atoms with van der Waals surface area (Å²) in [6.07, 6.45) is 8.18. The van der Waals surface area contributed by atoms with Gasteiger partial charge < -0.3 is 0 Å². The van der Waals surface area contributed by atoms with Gasteiger partial charge in [-0.2, -0.15) is 0 Å². The molecular formula is C16H20O. The van der Waals surface area contributed by atoms with E-state index in [-0.39, 0.29) is 0 Å². The smallest absolute Gasteiger partial charge is 0.158 e. The Kier molecular flexibility index (Phi) is 4.13. The molecule has 0 bridgehead atoms. The van der Waals surface area contributed by atoms with E-state index in [9.17, 15) is 4.79 Å². The highest BCUT2D eigenvalue weighted by Crippen LogP contribution is 2.20. The largest absolute Gasteiger partial charge is 0.295 e. The molecule has 1 nitrogen and oxygen atoms in total. The van der Waals surface area contributed by atoms with Gasteiger partial charge in [-0.25, -0.2) is 0 Å². The normalized spacial score (nSPS) is 15.5. The van der Waals surface area contributed by atoms with Gasteiger partial charge in [0.15, 0.2) is 5.78 Å². The average molecular weight is 228 g/mol. The van der Waals surface area contributed by atoms with Crippen LogP contribution in [0.3, 0.4) is 0 Å². The summed E-state index contributed by atoms with van der Waals surface area (Å²) in [5.41, 5.74) is 3.62. The predicted octanol–water partition coefficient (Wildman–Crippen LogP) is 4.00. The standard InChI is InChI=1S/C16H20O/c1-13-6-5-7-14(12-13)10-11-16(17)15-8-3-2-4-9-15/h5-8,12H,2-4,9-11H2,1H3. The minimum absolute atomic E-state index is 0.353. The summed E-state index contributed by atoms with van der Waals surface area (Å²) in [4.78, 5) is 12.0. The average Bonchev–Trinajstić information content (AvgIpc) is 2.37. The molecule has 0 aliphatic heterocycles. The Labute approximate surface area is 104 Å². The van der Waals surface area contributed by atoms with Crippen molar-refractivity contribution in [3.8, 4) is 0 Å². The van der Waals surface area contributed by atoms with Gasteiger partial charge >= 0.3 is 0 Å². The number of rotatable bonds is 4. The molecule has 0 unspecified atom stereocenters. The lowest BCUT2D eigenvalue weighted by Crippen LogP contribution is -2.07. The second kappa shape index (κ2) is 5.81. The van der Waals surface area contributed by atoms with E-state index in [0.29, 0.717) is 12.2 Å². The molecule has 1 aromatic carbocycles. The Bertz CT molecular complexity index is 429. The summed E-state index contributed by atoms with van der Waals surface area (Å²) in [6, 6.07) is 8.43. The lowest BCUT2D eigenvalue weighted by Gasteiger charge is -2.11. The fourth-order valence-corrected chi connectivity index (χ4v) is 2.38. The van der Waals surface area contributed by atoms with Gasteiger partial charge in [-0.3, -0.25) is 4.79 Å². The molecule has 0 heterocycles. The van der Waals surface area contributed by atoms with Gasteiger partial charge in [-0.05, 0) is 50.2 Å². The SMILES string of the molecule is Cc1cccc(CCC(=O)C2=CCCCC2)c1. The van der Waals surface area contributed by atoms with Crippen LogP contribution < -0.4 is 0 Å². The van der Waals surface area contributed by atoms with E-state index in [2.05, 4.69) is 37.3 Å². The Morgan fingerprint density at radius 1 is 1.29 bits per heavy atom. The first-order valence-electron chi connectivity index (χ1n) is 6.53. The molecule has 0 aromatic heterocycles. The monoisotopic (exact) mass is 228 g/mol. The molecule has 0 amide bonds. The Hall–Kier alpha value is -1.37. The van der Waals surface area contributed by atoms with Crippen LogP contribution >= 0.6 is 0 Å². The van der Waals surface area contributed by atoms with E-state index in [4.69, 9.17) is 0 Å². The number of allylic oxidation sites excluding steroid dienone is 2. The minimum atomic E-state index is 0.353. The third kappa shape index (κ3) is 3.55. The van der Waals surface area contributed by atoms with E-state index in [1.807, 2.05) is 0 Å². The minimum Gasteiger partial charge on any atom is -0.295 e. The van der Waals surface area contributed by atoms with Gasteiger partial charge in [-0.15, -0.1) is 0 Å². The maximum absolute atomic E-state index is 12.0. The van der Waals surface area contributed by atoms with Crippen LogP contribution in [0.4, 0.5) is 0 Å². The Balaban J connectivity index is 1.89. The molecule has 0 saturated heterocycles. The van der Waals surface area contributed by atoms with Crippen LogP contribution in [0, 0.1) is 6.92 Å².